The Balaban J connectivity index is 2.82. The number of rotatable bonds is 4. The van der Waals surface area contributed by atoms with Crippen molar-refractivity contribution in [2.75, 3.05) is 0 Å². The summed E-state index contributed by atoms with van der Waals surface area (Å²) in [4.78, 5) is 0. The van der Waals surface area contributed by atoms with Gasteiger partial charge in [-0.1, -0.05) is 19.8 Å². The molecule has 0 aromatic heterocycles. The molecule has 8 heavy (non-hydrogen) atoms. The van der Waals surface area contributed by atoms with Crippen molar-refractivity contribution in [2.24, 2.45) is 0 Å². The van der Waals surface area contributed by atoms with Gasteiger partial charge in [0.15, 0.2) is 11.1 Å². The Morgan fingerprint density at radius 1 is 1.75 bits per heavy atom. The molecule has 0 aliphatic carbocycles. The molecular weight excluding hydrogens is 124 g/mol. The topological polar surface area (TPSA) is 37.3 Å². The Kier molecular flexibility index (Phi) is 5.32. The van der Waals surface area contributed by atoms with Crippen LogP contribution >= 0.6 is 0 Å². The lowest BCUT2D eigenvalue weighted by molar-refractivity contribution is 0.567. The van der Waals surface area contributed by atoms with Crippen LogP contribution < -0.4 is 0 Å². The van der Waals surface area contributed by atoms with Gasteiger partial charge in [-0.15, -0.1) is 0 Å². The van der Waals surface area contributed by atoms with E-state index in [2.05, 4.69) is 0 Å². The zero-order valence-corrected chi connectivity index (χ0v) is 5.78. The first-order valence-corrected chi connectivity index (χ1v) is 3.87. The van der Waals surface area contributed by atoms with Crippen molar-refractivity contribution in [1.29, 1.82) is 0 Å². The molecular formula is C5H11O2S. The van der Waals surface area contributed by atoms with Crippen molar-refractivity contribution in [3.63, 3.8) is 0 Å². The molecule has 0 aliphatic rings. The zero-order valence-electron chi connectivity index (χ0n) is 4.96. The minimum Gasteiger partial charge on any atom is -0.306 e. The largest absolute Gasteiger partial charge is 0.306 e. The van der Waals surface area contributed by atoms with Gasteiger partial charge in [0.25, 0.3) is 0 Å². The molecule has 1 radical (unpaired) electrons. The van der Waals surface area contributed by atoms with Crippen molar-refractivity contribution in [3.05, 3.63) is 5.75 Å². The number of unbranched alkanes of at least 4 members (excludes halogenated alkanes) is 2. The summed E-state index contributed by atoms with van der Waals surface area (Å²) in [6, 6.07) is 0. The van der Waals surface area contributed by atoms with E-state index in [1.54, 1.807) is 0 Å². The molecule has 0 saturated carbocycles. The molecule has 1 N–H and O–H groups in total. The SMILES string of the molecule is CCCC[CH]S(=O)O. The number of hydrogen-bond acceptors (Lipinski definition) is 1. The molecule has 0 bridgehead atoms. The van der Waals surface area contributed by atoms with Crippen LogP contribution in [-0.2, 0) is 11.1 Å². The van der Waals surface area contributed by atoms with Crippen molar-refractivity contribution in [2.45, 2.75) is 26.2 Å². The first-order valence-electron chi connectivity index (χ1n) is 2.70. The van der Waals surface area contributed by atoms with Crippen LogP contribution in [0.4, 0.5) is 0 Å². The van der Waals surface area contributed by atoms with Crippen LogP contribution in [0, 0.1) is 5.75 Å². The summed E-state index contributed by atoms with van der Waals surface area (Å²) in [6.45, 7) is 2.05. The van der Waals surface area contributed by atoms with E-state index in [0.717, 1.165) is 19.3 Å². The van der Waals surface area contributed by atoms with Gasteiger partial charge in [-0.2, -0.15) is 0 Å². The van der Waals surface area contributed by atoms with Gasteiger partial charge in [0.2, 0.25) is 0 Å². The summed E-state index contributed by atoms with van der Waals surface area (Å²) in [5, 5.41) is 0. The second-order valence-corrected chi connectivity index (χ2v) is 2.47. The molecule has 0 spiro atoms. The van der Waals surface area contributed by atoms with E-state index in [-0.39, 0.29) is 0 Å². The summed E-state index contributed by atoms with van der Waals surface area (Å²) >= 11 is -1.69. The highest BCUT2D eigenvalue weighted by Crippen LogP contribution is 1.98. The molecule has 1 atom stereocenters. The first kappa shape index (κ1) is 8.11. The third kappa shape index (κ3) is 6.11. The fourth-order valence-electron chi connectivity index (χ4n) is 0.388. The molecule has 49 valence electrons. The maximum atomic E-state index is 9.93. The fraction of sp³-hybridized carbons (Fsp3) is 0.800. The van der Waals surface area contributed by atoms with E-state index in [4.69, 9.17) is 4.55 Å². The van der Waals surface area contributed by atoms with Crippen LogP contribution in [0.3, 0.4) is 0 Å². The van der Waals surface area contributed by atoms with Crippen LogP contribution in [-0.4, -0.2) is 8.76 Å². The predicted octanol–water partition coefficient (Wildman–Crippen LogP) is 1.56. The van der Waals surface area contributed by atoms with Gasteiger partial charge < -0.3 is 4.55 Å². The van der Waals surface area contributed by atoms with E-state index < -0.39 is 11.1 Å². The lowest BCUT2D eigenvalue weighted by Gasteiger charge is -1.89. The highest BCUT2D eigenvalue weighted by atomic mass is 32.2. The molecule has 1 unspecified atom stereocenters. The average molecular weight is 135 g/mol. The van der Waals surface area contributed by atoms with Crippen molar-refractivity contribution >= 4 is 11.1 Å². The Labute approximate surface area is 52.6 Å². The summed E-state index contributed by atoms with van der Waals surface area (Å²) in [7, 11) is 0. The second-order valence-electron chi connectivity index (χ2n) is 1.59. The Morgan fingerprint density at radius 2 is 2.38 bits per heavy atom. The summed E-state index contributed by atoms with van der Waals surface area (Å²) in [5.41, 5.74) is 0. The van der Waals surface area contributed by atoms with E-state index >= 15 is 0 Å². The van der Waals surface area contributed by atoms with Crippen LogP contribution in [0.25, 0.3) is 0 Å². The maximum Gasteiger partial charge on any atom is 0.157 e. The molecule has 3 heteroatoms. The molecule has 0 rings (SSSR count). The van der Waals surface area contributed by atoms with Gasteiger partial charge in [0.05, 0.1) is 5.75 Å². The van der Waals surface area contributed by atoms with Crippen LogP contribution in [0.2, 0.25) is 0 Å². The number of hydrogen-bond donors (Lipinski definition) is 1. The van der Waals surface area contributed by atoms with Crippen molar-refractivity contribution < 1.29 is 8.76 Å². The van der Waals surface area contributed by atoms with Gasteiger partial charge in [0.1, 0.15) is 0 Å². The lowest BCUT2D eigenvalue weighted by Crippen LogP contribution is -1.85. The van der Waals surface area contributed by atoms with E-state index in [1.165, 1.54) is 5.75 Å². The minimum atomic E-state index is -1.69. The summed E-state index contributed by atoms with van der Waals surface area (Å²) in [6.07, 6.45) is 2.83. The smallest absolute Gasteiger partial charge is 0.157 e. The van der Waals surface area contributed by atoms with Crippen molar-refractivity contribution in [1.82, 2.24) is 0 Å². The zero-order chi connectivity index (χ0) is 6.41. The van der Waals surface area contributed by atoms with Crippen LogP contribution in [0.5, 0.6) is 0 Å². The second kappa shape index (κ2) is 5.25. The maximum absolute atomic E-state index is 9.93. The molecule has 0 heterocycles. The first-order chi connectivity index (χ1) is 3.77. The summed E-state index contributed by atoms with van der Waals surface area (Å²) in [5.74, 6) is 1.41. The lowest BCUT2D eigenvalue weighted by atomic mass is 10.3. The minimum absolute atomic E-state index is 0.750. The molecule has 0 aromatic carbocycles. The molecule has 0 saturated heterocycles. The Morgan fingerprint density at radius 3 is 2.75 bits per heavy atom. The molecule has 0 amide bonds. The normalized spacial score (nSPS) is 13.8. The van der Waals surface area contributed by atoms with E-state index in [0.29, 0.717) is 0 Å². The molecule has 0 fully saturated rings. The van der Waals surface area contributed by atoms with Crippen LogP contribution in [0.1, 0.15) is 26.2 Å². The van der Waals surface area contributed by atoms with Crippen molar-refractivity contribution in [3.8, 4) is 0 Å². The monoisotopic (exact) mass is 135 g/mol. The standard InChI is InChI=1S/C5H11O2S/c1-2-3-4-5-8(6)7/h5H,2-4H2,1H3,(H,6,7). The molecule has 2 nitrogen and oxygen atoms in total. The fourth-order valence-corrected chi connectivity index (χ4v) is 0.757. The molecule has 0 aromatic rings. The van der Waals surface area contributed by atoms with E-state index in [9.17, 15) is 4.21 Å². The Hall–Kier alpha value is 0.110. The van der Waals surface area contributed by atoms with Gasteiger partial charge in [-0.25, -0.2) is 4.21 Å². The highest BCUT2D eigenvalue weighted by molar-refractivity contribution is 7.81. The van der Waals surface area contributed by atoms with Gasteiger partial charge in [0, 0.05) is 0 Å². The third-order valence-corrected chi connectivity index (χ3v) is 1.34. The summed E-state index contributed by atoms with van der Waals surface area (Å²) < 4.78 is 18.1. The van der Waals surface area contributed by atoms with Crippen LogP contribution in [0.15, 0.2) is 0 Å². The van der Waals surface area contributed by atoms with Gasteiger partial charge in [-0.3, -0.25) is 0 Å². The van der Waals surface area contributed by atoms with Gasteiger partial charge >= 0.3 is 0 Å². The van der Waals surface area contributed by atoms with Gasteiger partial charge in [-0.05, 0) is 6.42 Å². The third-order valence-electron chi connectivity index (χ3n) is 0.818. The quantitative estimate of drug-likeness (QED) is 0.469. The molecule has 0 aliphatic heterocycles. The highest BCUT2D eigenvalue weighted by Gasteiger charge is 1.90. The predicted molar refractivity (Wildman–Crippen MR) is 34.6 cm³/mol. The average Bonchev–Trinajstić information content (AvgIpc) is 1.66. The van der Waals surface area contributed by atoms with E-state index in [1.807, 2.05) is 6.92 Å². The Bertz CT molecular complexity index is 72.8.